The van der Waals surface area contributed by atoms with Gasteiger partial charge in [-0.15, -0.1) is 0 Å². The van der Waals surface area contributed by atoms with Crippen LogP contribution in [0.1, 0.15) is 30.4 Å². The number of nitrogens with two attached hydrogens (primary N) is 1. The van der Waals surface area contributed by atoms with E-state index in [9.17, 15) is 4.79 Å². The summed E-state index contributed by atoms with van der Waals surface area (Å²) in [6, 6.07) is 6.00. The monoisotopic (exact) mass is 260 g/mol. The van der Waals surface area contributed by atoms with Crippen LogP contribution < -0.4 is 5.73 Å². The van der Waals surface area contributed by atoms with Gasteiger partial charge in [-0.2, -0.15) is 0 Å². The van der Waals surface area contributed by atoms with Crippen LogP contribution in [0.3, 0.4) is 0 Å². The number of carbonyl (C=O) groups is 1. The predicted molar refractivity (Wildman–Crippen MR) is 73.6 cm³/mol. The SMILES string of the molecule is Nc1ccc2c(c1)CN(C(=O)CC1CCCO1)CC2. The minimum atomic E-state index is 0.134. The zero-order chi connectivity index (χ0) is 13.2. The fourth-order valence-electron chi connectivity index (χ4n) is 2.92. The molecule has 4 nitrogen and oxygen atoms in total. The molecule has 4 heteroatoms. The molecule has 2 heterocycles. The van der Waals surface area contributed by atoms with Gasteiger partial charge in [0, 0.05) is 25.4 Å². The number of fused-ring (bicyclic) bond motifs is 1. The lowest BCUT2D eigenvalue weighted by Gasteiger charge is -2.29. The van der Waals surface area contributed by atoms with E-state index >= 15 is 0 Å². The largest absolute Gasteiger partial charge is 0.399 e. The van der Waals surface area contributed by atoms with Crippen LogP contribution in [0.15, 0.2) is 18.2 Å². The Morgan fingerprint density at radius 2 is 2.32 bits per heavy atom. The van der Waals surface area contributed by atoms with Gasteiger partial charge in [-0.3, -0.25) is 4.79 Å². The van der Waals surface area contributed by atoms with Crippen molar-refractivity contribution in [2.45, 2.75) is 38.3 Å². The quantitative estimate of drug-likeness (QED) is 0.824. The van der Waals surface area contributed by atoms with E-state index in [4.69, 9.17) is 10.5 Å². The third kappa shape index (κ3) is 2.73. The molecule has 2 aliphatic rings. The van der Waals surface area contributed by atoms with Gasteiger partial charge >= 0.3 is 0 Å². The van der Waals surface area contributed by atoms with Crippen molar-refractivity contribution in [2.24, 2.45) is 0 Å². The lowest BCUT2D eigenvalue weighted by atomic mass is 9.98. The number of carbonyl (C=O) groups excluding carboxylic acids is 1. The van der Waals surface area contributed by atoms with Crippen LogP contribution in [0.5, 0.6) is 0 Å². The van der Waals surface area contributed by atoms with Crippen LogP contribution in [0, 0.1) is 0 Å². The van der Waals surface area contributed by atoms with Crippen molar-refractivity contribution < 1.29 is 9.53 Å². The van der Waals surface area contributed by atoms with Crippen LogP contribution in [0.4, 0.5) is 5.69 Å². The number of nitrogen functional groups attached to an aromatic ring is 1. The normalized spacial score (nSPS) is 22.3. The topological polar surface area (TPSA) is 55.6 Å². The minimum Gasteiger partial charge on any atom is -0.399 e. The third-order valence-corrected chi connectivity index (χ3v) is 4.02. The lowest BCUT2D eigenvalue weighted by Crippen LogP contribution is -2.37. The Hall–Kier alpha value is -1.55. The highest BCUT2D eigenvalue weighted by Crippen LogP contribution is 2.23. The average molecular weight is 260 g/mol. The summed E-state index contributed by atoms with van der Waals surface area (Å²) in [6.45, 7) is 2.30. The first-order valence-corrected chi connectivity index (χ1v) is 6.99. The van der Waals surface area contributed by atoms with Crippen LogP contribution in [0.2, 0.25) is 0 Å². The summed E-state index contributed by atoms with van der Waals surface area (Å²) in [5.74, 6) is 0.208. The Kier molecular flexibility index (Phi) is 3.42. The van der Waals surface area contributed by atoms with Crippen LogP contribution in [-0.2, 0) is 22.5 Å². The first-order chi connectivity index (χ1) is 9.22. The molecule has 102 valence electrons. The second kappa shape index (κ2) is 5.21. The zero-order valence-corrected chi connectivity index (χ0v) is 11.1. The van der Waals surface area contributed by atoms with Gasteiger partial charge < -0.3 is 15.4 Å². The first kappa shape index (κ1) is 12.5. The summed E-state index contributed by atoms with van der Waals surface area (Å²) in [4.78, 5) is 14.2. The summed E-state index contributed by atoms with van der Waals surface area (Å²) >= 11 is 0. The van der Waals surface area contributed by atoms with E-state index in [-0.39, 0.29) is 12.0 Å². The summed E-state index contributed by atoms with van der Waals surface area (Å²) in [6.07, 6.45) is 3.68. The van der Waals surface area contributed by atoms with Crippen LogP contribution in [-0.4, -0.2) is 30.1 Å². The highest BCUT2D eigenvalue weighted by molar-refractivity contribution is 5.77. The van der Waals surface area contributed by atoms with E-state index in [0.29, 0.717) is 13.0 Å². The number of rotatable bonds is 2. The van der Waals surface area contributed by atoms with Crippen molar-refractivity contribution in [3.05, 3.63) is 29.3 Å². The van der Waals surface area contributed by atoms with E-state index in [1.807, 2.05) is 17.0 Å². The van der Waals surface area contributed by atoms with E-state index < -0.39 is 0 Å². The van der Waals surface area contributed by atoms with Gasteiger partial charge in [0.25, 0.3) is 0 Å². The molecule has 0 saturated carbocycles. The van der Waals surface area contributed by atoms with Crippen molar-refractivity contribution >= 4 is 11.6 Å². The maximum Gasteiger partial charge on any atom is 0.225 e. The van der Waals surface area contributed by atoms with Gasteiger partial charge in [0.1, 0.15) is 0 Å². The van der Waals surface area contributed by atoms with Crippen molar-refractivity contribution in [1.82, 2.24) is 4.90 Å². The number of hydrogen-bond acceptors (Lipinski definition) is 3. The molecule has 0 radical (unpaired) electrons. The van der Waals surface area contributed by atoms with Crippen LogP contribution >= 0.6 is 0 Å². The fraction of sp³-hybridized carbons (Fsp3) is 0.533. The maximum atomic E-state index is 12.3. The predicted octanol–water partition coefficient (Wildman–Crippen LogP) is 1.72. The Balaban J connectivity index is 1.65. The fourth-order valence-corrected chi connectivity index (χ4v) is 2.92. The number of anilines is 1. The van der Waals surface area contributed by atoms with Gasteiger partial charge in [0.15, 0.2) is 0 Å². The molecule has 0 spiro atoms. The summed E-state index contributed by atoms with van der Waals surface area (Å²) in [5, 5.41) is 0. The maximum absolute atomic E-state index is 12.3. The molecule has 1 aromatic rings. The molecule has 19 heavy (non-hydrogen) atoms. The molecule has 1 unspecified atom stereocenters. The van der Waals surface area contributed by atoms with E-state index in [1.54, 1.807) is 0 Å². The molecule has 0 bridgehead atoms. The van der Waals surface area contributed by atoms with Gasteiger partial charge in [-0.1, -0.05) is 6.07 Å². The highest BCUT2D eigenvalue weighted by atomic mass is 16.5. The first-order valence-electron chi connectivity index (χ1n) is 6.99. The molecule has 2 aliphatic heterocycles. The smallest absolute Gasteiger partial charge is 0.225 e. The lowest BCUT2D eigenvalue weighted by molar-refractivity contribution is -0.134. The molecular weight excluding hydrogens is 240 g/mol. The molecule has 1 saturated heterocycles. The number of nitrogens with zero attached hydrogens (tertiary/aromatic N) is 1. The molecule has 2 N–H and O–H groups in total. The third-order valence-electron chi connectivity index (χ3n) is 4.02. The summed E-state index contributed by atoms with van der Waals surface area (Å²) in [7, 11) is 0. The van der Waals surface area contributed by atoms with Crippen LogP contribution in [0.25, 0.3) is 0 Å². The van der Waals surface area contributed by atoms with Crippen molar-refractivity contribution in [3.63, 3.8) is 0 Å². The van der Waals surface area contributed by atoms with Gasteiger partial charge in [-0.05, 0) is 42.5 Å². The molecule has 0 aromatic heterocycles. The van der Waals surface area contributed by atoms with Gasteiger partial charge in [0.2, 0.25) is 5.91 Å². The Labute approximate surface area is 113 Å². The van der Waals surface area contributed by atoms with Gasteiger partial charge in [0.05, 0.1) is 12.5 Å². The number of ether oxygens (including phenoxy) is 1. The zero-order valence-electron chi connectivity index (χ0n) is 11.1. The Morgan fingerprint density at radius 1 is 1.42 bits per heavy atom. The second-order valence-corrected chi connectivity index (χ2v) is 5.43. The highest BCUT2D eigenvalue weighted by Gasteiger charge is 2.25. The van der Waals surface area contributed by atoms with E-state index in [1.165, 1.54) is 11.1 Å². The summed E-state index contributed by atoms with van der Waals surface area (Å²) < 4.78 is 5.54. The number of amides is 1. The Morgan fingerprint density at radius 3 is 3.11 bits per heavy atom. The summed E-state index contributed by atoms with van der Waals surface area (Å²) in [5.41, 5.74) is 9.08. The molecule has 1 amide bonds. The molecule has 0 aliphatic carbocycles. The number of benzene rings is 1. The van der Waals surface area contributed by atoms with E-state index in [0.717, 1.165) is 38.1 Å². The molecule has 3 rings (SSSR count). The van der Waals surface area contributed by atoms with Crippen molar-refractivity contribution in [1.29, 1.82) is 0 Å². The molecule has 1 atom stereocenters. The van der Waals surface area contributed by atoms with Gasteiger partial charge in [-0.25, -0.2) is 0 Å². The standard InChI is InChI=1S/C15H20N2O2/c16-13-4-3-11-5-6-17(10-12(11)8-13)15(18)9-14-2-1-7-19-14/h3-4,8,14H,1-2,5-7,9-10,16H2. The van der Waals surface area contributed by atoms with Crippen molar-refractivity contribution in [2.75, 3.05) is 18.9 Å². The molecular formula is C15H20N2O2. The second-order valence-electron chi connectivity index (χ2n) is 5.43. The minimum absolute atomic E-state index is 0.134. The van der Waals surface area contributed by atoms with E-state index in [2.05, 4.69) is 6.07 Å². The average Bonchev–Trinajstić information content (AvgIpc) is 2.90. The molecule has 1 aromatic carbocycles. The number of hydrogen-bond donors (Lipinski definition) is 1. The Bertz CT molecular complexity index is 481. The van der Waals surface area contributed by atoms with Crippen molar-refractivity contribution in [3.8, 4) is 0 Å². The molecule has 1 fully saturated rings.